The first-order valence-corrected chi connectivity index (χ1v) is 8.17. The van der Waals surface area contributed by atoms with Gasteiger partial charge in [0.2, 0.25) is 5.82 Å². The van der Waals surface area contributed by atoms with Crippen LogP contribution in [0.5, 0.6) is 0 Å². The van der Waals surface area contributed by atoms with Gasteiger partial charge < -0.3 is 4.42 Å². The summed E-state index contributed by atoms with van der Waals surface area (Å²) in [5.41, 5.74) is 0.463. The minimum Gasteiger partial charge on any atom is -0.461 e. The largest absolute Gasteiger partial charge is 0.461 e. The van der Waals surface area contributed by atoms with Crippen LogP contribution in [0, 0.1) is 5.82 Å². The van der Waals surface area contributed by atoms with Crippen LogP contribution in [-0.2, 0) is 6.54 Å². The number of hydrogen-bond donors (Lipinski definition) is 0. The number of thioether (sulfide) groups is 1. The maximum atomic E-state index is 12.9. The van der Waals surface area contributed by atoms with E-state index in [9.17, 15) is 9.18 Å². The number of Topliss-reactive ketones (excluding diaryl/α,β-unsaturated/α-hetero) is 1. The molecule has 0 unspecified atom stereocenters. The molecule has 0 saturated carbocycles. The van der Waals surface area contributed by atoms with Crippen molar-refractivity contribution in [1.82, 2.24) is 14.8 Å². The van der Waals surface area contributed by atoms with Crippen LogP contribution < -0.4 is 0 Å². The molecular formula is C17H14FN3O2S. The summed E-state index contributed by atoms with van der Waals surface area (Å²) in [6, 6.07) is 9.05. The number of nitrogens with zero attached hydrogens (tertiary/aromatic N) is 3. The molecule has 0 aliphatic rings. The van der Waals surface area contributed by atoms with Crippen LogP contribution in [0.15, 0.2) is 64.9 Å². The molecule has 3 aromatic rings. The summed E-state index contributed by atoms with van der Waals surface area (Å²) in [6.07, 6.45) is 3.29. The maximum Gasteiger partial charge on any atom is 0.200 e. The van der Waals surface area contributed by atoms with Crippen molar-refractivity contribution in [3.8, 4) is 11.6 Å². The van der Waals surface area contributed by atoms with E-state index in [1.807, 2.05) is 4.57 Å². The number of allylic oxidation sites excluding steroid dienone is 1. The zero-order valence-corrected chi connectivity index (χ0v) is 13.5. The van der Waals surface area contributed by atoms with Gasteiger partial charge in [0, 0.05) is 12.1 Å². The van der Waals surface area contributed by atoms with E-state index in [-0.39, 0.29) is 17.4 Å². The fraction of sp³-hybridized carbons (Fsp3) is 0.118. The second kappa shape index (κ2) is 7.27. The summed E-state index contributed by atoms with van der Waals surface area (Å²) in [5.74, 6) is 0.886. The Bertz CT molecular complexity index is 841. The topological polar surface area (TPSA) is 60.9 Å². The molecule has 7 heteroatoms. The minimum absolute atomic E-state index is 0.104. The molecule has 0 amide bonds. The summed E-state index contributed by atoms with van der Waals surface area (Å²) in [7, 11) is 0. The average Bonchev–Trinajstić information content (AvgIpc) is 3.23. The van der Waals surface area contributed by atoms with Crippen LogP contribution in [0.1, 0.15) is 10.4 Å². The second-order valence-corrected chi connectivity index (χ2v) is 5.84. The molecule has 0 bridgehead atoms. The van der Waals surface area contributed by atoms with Gasteiger partial charge in [-0.1, -0.05) is 17.8 Å². The van der Waals surface area contributed by atoms with Crippen LogP contribution in [0.25, 0.3) is 11.6 Å². The molecule has 24 heavy (non-hydrogen) atoms. The molecule has 2 heterocycles. The summed E-state index contributed by atoms with van der Waals surface area (Å²) < 4.78 is 20.1. The van der Waals surface area contributed by atoms with E-state index in [0.29, 0.717) is 28.8 Å². The highest BCUT2D eigenvalue weighted by atomic mass is 32.2. The maximum absolute atomic E-state index is 12.9. The highest BCUT2D eigenvalue weighted by molar-refractivity contribution is 7.99. The van der Waals surface area contributed by atoms with Gasteiger partial charge in [0.15, 0.2) is 16.7 Å². The van der Waals surface area contributed by atoms with E-state index < -0.39 is 0 Å². The third-order valence-corrected chi connectivity index (χ3v) is 4.24. The second-order valence-electron chi connectivity index (χ2n) is 4.90. The van der Waals surface area contributed by atoms with Crippen molar-refractivity contribution in [2.45, 2.75) is 11.7 Å². The van der Waals surface area contributed by atoms with Crippen LogP contribution in [0.3, 0.4) is 0 Å². The first-order valence-electron chi connectivity index (χ1n) is 7.18. The molecule has 0 aliphatic carbocycles. The Morgan fingerprint density at radius 1 is 1.29 bits per heavy atom. The van der Waals surface area contributed by atoms with Crippen molar-refractivity contribution in [1.29, 1.82) is 0 Å². The van der Waals surface area contributed by atoms with Crippen LogP contribution in [0.4, 0.5) is 4.39 Å². The first-order chi connectivity index (χ1) is 11.7. The highest BCUT2D eigenvalue weighted by Gasteiger charge is 2.17. The number of ketones is 1. The third-order valence-electron chi connectivity index (χ3n) is 3.27. The number of furan rings is 1. The lowest BCUT2D eigenvalue weighted by molar-refractivity contribution is 0.102. The van der Waals surface area contributed by atoms with Crippen molar-refractivity contribution in [3.05, 3.63) is 66.7 Å². The Balaban J connectivity index is 1.76. The number of aromatic nitrogens is 3. The van der Waals surface area contributed by atoms with Gasteiger partial charge in [0.25, 0.3) is 0 Å². The van der Waals surface area contributed by atoms with E-state index in [4.69, 9.17) is 4.42 Å². The summed E-state index contributed by atoms with van der Waals surface area (Å²) in [5, 5.41) is 8.85. The predicted molar refractivity (Wildman–Crippen MR) is 89.4 cm³/mol. The third kappa shape index (κ3) is 3.46. The van der Waals surface area contributed by atoms with Gasteiger partial charge in [-0.05, 0) is 36.4 Å². The summed E-state index contributed by atoms with van der Waals surface area (Å²) >= 11 is 1.27. The van der Waals surface area contributed by atoms with E-state index in [1.54, 1.807) is 24.5 Å². The zero-order valence-electron chi connectivity index (χ0n) is 12.7. The Morgan fingerprint density at radius 3 is 2.75 bits per heavy atom. The van der Waals surface area contributed by atoms with Crippen molar-refractivity contribution in [2.24, 2.45) is 0 Å². The normalized spacial score (nSPS) is 10.7. The smallest absolute Gasteiger partial charge is 0.200 e. The summed E-state index contributed by atoms with van der Waals surface area (Å²) in [4.78, 5) is 12.2. The lowest BCUT2D eigenvalue weighted by Gasteiger charge is -2.06. The van der Waals surface area contributed by atoms with Crippen molar-refractivity contribution < 1.29 is 13.6 Å². The van der Waals surface area contributed by atoms with Gasteiger partial charge in [0.1, 0.15) is 5.82 Å². The van der Waals surface area contributed by atoms with Crippen LogP contribution >= 0.6 is 11.8 Å². The molecule has 0 spiro atoms. The standard InChI is InChI=1S/C17H14FN3O2S/c1-2-9-21-16(15-4-3-10-23-15)19-20-17(21)24-11-14(22)12-5-7-13(18)8-6-12/h2-8,10H,1,9,11H2. The number of rotatable bonds is 7. The van der Waals surface area contributed by atoms with Crippen molar-refractivity contribution in [2.75, 3.05) is 5.75 Å². The van der Waals surface area contributed by atoms with Gasteiger partial charge in [-0.3, -0.25) is 9.36 Å². The fourth-order valence-corrected chi connectivity index (χ4v) is 2.97. The molecule has 0 N–H and O–H groups in total. The van der Waals surface area contributed by atoms with Crippen LogP contribution in [0.2, 0.25) is 0 Å². The van der Waals surface area contributed by atoms with Crippen molar-refractivity contribution in [3.63, 3.8) is 0 Å². The van der Waals surface area contributed by atoms with E-state index in [1.165, 1.54) is 36.0 Å². The molecule has 1 aromatic carbocycles. The first kappa shape index (κ1) is 16.2. The molecule has 0 radical (unpaired) electrons. The average molecular weight is 343 g/mol. The molecule has 0 saturated heterocycles. The molecule has 2 aromatic heterocycles. The molecular weight excluding hydrogens is 329 g/mol. The SMILES string of the molecule is C=CCn1c(SCC(=O)c2ccc(F)cc2)nnc1-c1ccco1. The molecule has 0 aliphatic heterocycles. The number of halogens is 1. The lowest BCUT2D eigenvalue weighted by Crippen LogP contribution is -2.05. The highest BCUT2D eigenvalue weighted by Crippen LogP contribution is 2.25. The fourth-order valence-electron chi connectivity index (χ4n) is 2.13. The number of hydrogen-bond acceptors (Lipinski definition) is 5. The Labute approximate surface area is 142 Å². The molecule has 122 valence electrons. The van der Waals surface area contributed by atoms with Gasteiger partial charge in [0.05, 0.1) is 12.0 Å². The molecule has 0 fully saturated rings. The number of carbonyl (C=O) groups excluding carboxylic acids is 1. The molecule has 3 rings (SSSR count). The number of benzene rings is 1. The Morgan fingerprint density at radius 2 is 2.08 bits per heavy atom. The Hall–Kier alpha value is -2.67. The lowest BCUT2D eigenvalue weighted by atomic mass is 10.1. The van der Waals surface area contributed by atoms with Gasteiger partial charge in [-0.25, -0.2) is 4.39 Å². The molecule has 0 atom stereocenters. The minimum atomic E-state index is -0.368. The van der Waals surface area contributed by atoms with E-state index >= 15 is 0 Å². The zero-order chi connectivity index (χ0) is 16.9. The van der Waals surface area contributed by atoms with Gasteiger partial charge in [-0.2, -0.15) is 0 Å². The summed E-state index contributed by atoms with van der Waals surface area (Å²) in [6.45, 7) is 4.23. The van der Waals surface area contributed by atoms with Gasteiger partial charge >= 0.3 is 0 Å². The van der Waals surface area contributed by atoms with E-state index in [0.717, 1.165) is 0 Å². The number of carbonyl (C=O) groups is 1. The van der Waals surface area contributed by atoms with Gasteiger partial charge in [-0.15, -0.1) is 16.8 Å². The van der Waals surface area contributed by atoms with Crippen molar-refractivity contribution >= 4 is 17.5 Å². The Kier molecular flexibility index (Phi) is 4.90. The quantitative estimate of drug-likeness (QED) is 0.371. The predicted octanol–water partition coefficient (Wildman–Crippen LogP) is 3.84. The monoisotopic (exact) mass is 343 g/mol. The van der Waals surface area contributed by atoms with Crippen LogP contribution in [-0.4, -0.2) is 26.3 Å². The van der Waals surface area contributed by atoms with E-state index in [2.05, 4.69) is 16.8 Å². The molecule has 5 nitrogen and oxygen atoms in total.